The van der Waals surface area contributed by atoms with Crippen LogP contribution in [0.3, 0.4) is 0 Å². The van der Waals surface area contributed by atoms with Crippen molar-refractivity contribution < 1.29 is 19.1 Å². The van der Waals surface area contributed by atoms with Gasteiger partial charge in [0.15, 0.2) is 6.61 Å². The van der Waals surface area contributed by atoms with Gasteiger partial charge in [-0.2, -0.15) is 0 Å². The molecule has 1 aromatic carbocycles. The average molecular weight is 464 g/mol. The Labute approximate surface area is 181 Å². The Morgan fingerprint density at radius 3 is 2.32 bits per heavy atom. The number of carbonyl (C=O) groups is 3. The lowest BCUT2D eigenvalue weighted by Crippen LogP contribution is -2.45. The highest BCUT2D eigenvalue weighted by Crippen LogP contribution is 2.33. The van der Waals surface area contributed by atoms with Gasteiger partial charge in [-0.05, 0) is 29.5 Å². The summed E-state index contributed by atoms with van der Waals surface area (Å²) in [4.78, 5) is 37.1. The van der Waals surface area contributed by atoms with Crippen molar-refractivity contribution in [3.05, 3.63) is 49.6 Å². The van der Waals surface area contributed by atoms with Crippen molar-refractivity contribution in [3.63, 3.8) is 0 Å². The Bertz CT molecular complexity index is 849. The second-order valence-electron chi connectivity index (χ2n) is 6.07. The molecule has 0 aliphatic heterocycles. The van der Waals surface area contributed by atoms with E-state index in [0.29, 0.717) is 9.90 Å². The second kappa shape index (κ2) is 10.1. The Morgan fingerprint density at radius 1 is 1.14 bits per heavy atom. The zero-order chi connectivity index (χ0) is 20.8. The first-order valence-corrected chi connectivity index (χ1v) is 10.2. The Balaban J connectivity index is 1.95. The molecule has 2 rings (SSSR count). The highest BCUT2D eigenvalue weighted by molar-refractivity contribution is 7.12. The molecule has 28 heavy (non-hydrogen) atoms. The van der Waals surface area contributed by atoms with E-state index in [2.05, 4.69) is 10.6 Å². The van der Waals surface area contributed by atoms with E-state index < -0.39 is 24.5 Å². The maximum atomic E-state index is 12.3. The third-order valence-electron chi connectivity index (χ3n) is 3.57. The number of halogens is 3. The van der Waals surface area contributed by atoms with Crippen LogP contribution in [-0.4, -0.2) is 30.4 Å². The van der Waals surface area contributed by atoms with Gasteiger partial charge in [0.05, 0.1) is 20.6 Å². The quantitative estimate of drug-likeness (QED) is 0.586. The number of benzene rings is 1. The zero-order valence-electron chi connectivity index (χ0n) is 14.9. The maximum absolute atomic E-state index is 12.3. The molecule has 1 atom stereocenters. The molecule has 0 fully saturated rings. The monoisotopic (exact) mass is 462 g/mol. The Hall–Kier alpha value is -1.80. The van der Waals surface area contributed by atoms with Gasteiger partial charge >= 0.3 is 5.97 Å². The van der Waals surface area contributed by atoms with Crippen molar-refractivity contribution in [1.82, 2.24) is 5.32 Å². The molecule has 1 heterocycles. The molecule has 1 aromatic heterocycles. The normalized spacial score (nSPS) is 11.8. The van der Waals surface area contributed by atoms with E-state index >= 15 is 0 Å². The number of esters is 1. The summed E-state index contributed by atoms with van der Waals surface area (Å²) < 4.78 is 5.05. The molecule has 6 nitrogen and oxygen atoms in total. The van der Waals surface area contributed by atoms with E-state index in [1.165, 1.54) is 23.5 Å². The minimum Gasteiger partial charge on any atom is -0.454 e. The topological polar surface area (TPSA) is 84.5 Å². The molecule has 2 amide bonds. The second-order valence-corrected chi connectivity index (χ2v) is 8.27. The van der Waals surface area contributed by atoms with E-state index in [9.17, 15) is 14.4 Å². The van der Waals surface area contributed by atoms with E-state index in [1.807, 2.05) is 0 Å². The van der Waals surface area contributed by atoms with Crippen molar-refractivity contribution in [1.29, 1.82) is 0 Å². The summed E-state index contributed by atoms with van der Waals surface area (Å²) >= 11 is 19.1. The molecule has 0 saturated heterocycles. The molecule has 10 heteroatoms. The van der Waals surface area contributed by atoms with Gasteiger partial charge in [0.25, 0.3) is 11.8 Å². The number of thiophene rings is 1. The third kappa shape index (κ3) is 6.10. The summed E-state index contributed by atoms with van der Waals surface area (Å²) in [5.41, 5.74) is 0.167. The molecule has 150 valence electrons. The summed E-state index contributed by atoms with van der Waals surface area (Å²) in [6, 6.07) is 5.33. The summed E-state index contributed by atoms with van der Waals surface area (Å²) in [7, 11) is 0. The van der Waals surface area contributed by atoms with Crippen molar-refractivity contribution in [2.75, 3.05) is 11.9 Å². The molecule has 2 N–H and O–H groups in total. The lowest BCUT2D eigenvalue weighted by molar-refractivity contribution is -0.150. The van der Waals surface area contributed by atoms with Crippen LogP contribution in [0, 0.1) is 5.92 Å². The predicted molar refractivity (Wildman–Crippen MR) is 111 cm³/mol. The zero-order valence-corrected chi connectivity index (χ0v) is 18.0. The first-order chi connectivity index (χ1) is 13.2. The van der Waals surface area contributed by atoms with E-state index in [-0.39, 0.29) is 27.6 Å². The van der Waals surface area contributed by atoms with Crippen LogP contribution in [-0.2, 0) is 14.3 Å². The third-order valence-corrected chi connectivity index (χ3v) is 5.25. The molecule has 0 radical (unpaired) electrons. The smallest absolute Gasteiger partial charge is 0.329 e. The predicted octanol–water partition coefficient (Wildman–Crippen LogP) is 4.64. The highest BCUT2D eigenvalue weighted by atomic mass is 35.5. The number of rotatable bonds is 7. The minimum absolute atomic E-state index is 0.153. The van der Waals surface area contributed by atoms with E-state index in [0.717, 1.165) is 0 Å². The summed E-state index contributed by atoms with van der Waals surface area (Å²) in [5, 5.41) is 7.48. The molecular formula is C18H17Cl3N2O4S. The largest absolute Gasteiger partial charge is 0.454 e. The van der Waals surface area contributed by atoms with E-state index in [4.69, 9.17) is 39.5 Å². The van der Waals surface area contributed by atoms with Gasteiger partial charge in [-0.15, -0.1) is 11.3 Å². The van der Waals surface area contributed by atoms with Gasteiger partial charge in [-0.25, -0.2) is 4.79 Å². The number of nitrogens with one attached hydrogen (secondary N) is 2. The molecule has 0 aliphatic carbocycles. The fourth-order valence-electron chi connectivity index (χ4n) is 2.18. The van der Waals surface area contributed by atoms with Crippen LogP contribution in [0.25, 0.3) is 0 Å². The van der Waals surface area contributed by atoms with Gasteiger partial charge < -0.3 is 15.4 Å². The first kappa shape index (κ1) is 22.5. The van der Waals surface area contributed by atoms with Crippen LogP contribution < -0.4 is 10.6 Å². The molecule has 2 aromatic rings. The number of hydrogen-bond donors (Lipinski definition) is 2. The number of amides is 2. The Kier molecular flexibility index (Phi) is 8.12. The van der Waals surface area contributed by atoms with Gasteiger partial charge in [0, 0.05) is 5.02 Å². The van der Waals surface area contributed by atoms with E-state index in [1.54, 1.807) is 31.4 Å². The first-order valence-electron chi connectivity index (χ1n) is 8.14. The van der Waals surface area contributed by atoms with Crippen molar-refractivity contribution in [3.8, 4) is 0 Å². The fraction of sp³-hybridized carbons (Fsp3) is 0.278. The molecule has 1 unspecified atom stereocenters. The SMILES string of the molecule is CC(C)C(NC(=O)c1cccs1)C(=O)OCC(=O)Nc1c(Cl)cc(Cl)cc1Cl. The molecule has 0 aliphatic rings. The molecular weight excluding hydrogens is 447 g/mol. The van der Waals surface area contributed by atoms with Gasteiger partial charge in [0.2, 0.25) is 0 Å². The summed E-state index contributed by atoms with van der Waals surface area (Å²) in [6.07, 6.45) is 0. The highest BCUT2D eigenvalue weighted by Gasteiger charge is 2.27. The van der Waals surface area contributed by atoms with Crippen molar-refractivity contribution >= 4 is 69.6 Å². The molecule has 0 bridgehead atoms. The summed E-state index contributed by atoms with van der Waals surface area (Å²) in [6.45, 7) is 2.95. The van der Waals surface area contributed by atoms with Crippen molar-refractivity contribution in [2.45, 2.75) is 19.9 Å². The lowest BCUT2D eigenvalue weighted by atomic mass is 10.0. The van der Waals surface area contributed by atoms with Crippen LogP contribution in [0.15, 0.2) is 29.6 Å². The number of hydrogen-bond acceptors (Lipinski definition) is 5. The van der Waals surface area contributed by atoms with Crippen LogP contribution in [0.5, 0.6) is 0 Å². The number of anilines is 1. The van der Waals surface area contributed by atoms with Gasteiger partial charge in [-0.3, -0.25) is 9.59 Å². The maximum Gasteiger partial charge on any atom is 0.329 e. The van der Waals surface area contributed by atoms with Gasteiger partial charge in [0.1, 0.15) is 6.04 Å². The standard InChI is InChI=1S/C18H17Cl3N2O4S/c1-9(2)15(23-17(25)13-4-3-5-28-13)18(26)27-8-14(24)22-16-11(20)6-10(19)7-12(16)21/h3-7,9,15H,8H2,1-2H3,(H,22,24)(H,23,25). The lowest BCUT2D eigenvalue weighted by Gasteiger charge is -2.20. The van der Waals surface area contributed by atoms with Crippen LogP contribution >= 0.6 is 46.1 Å². The van der Waals surface area contributed by atoms with Crippen LogP contribution in [0.1, 0.15) is 23.5 Å². The minimum atomic E-state index is -0.898. The Morgan fingerprint density at radius 2 is 1.79 bits per heavy atom. The van der Waals surface area contributed by atoms with Crippen LogP contribution in [0.4, 0.5) is 5.69 Å². The van der Waals surface area contributed by atoms with Gasteiger partial charge in [-0.1, -0.05) is 54.7 Å². The molecule has 0 saturated carbocycles. The number of carbonyl (C=O) groups excluding carboxylic acids is 3. The molecule has 0 spiro atoms. The van der Waals surface area contributed by atoms with Crippen molar-refractivity contribution in [2.24, 2.45) is 5.92 Å². The summed E-state index contributed by atoms with van der Waals surface area (Å²) in [5.74, 6) is -1.97. The average Bonchev–Trinajstić information content (AvgIpc) is 3.15. The number of ether oxygens (including phenoxy) is 1. The fourth-order valence-corrected chi connectivity index (χ4v) is 3.72. The van der Waals surface area contributed by atoms with Crippen LogP contribution in [0.2, 0.25) is 15.1 Å².